The zero-order valence-corrected chi connectivity index (χ0v) is 12.6. The minimum absolute atomic E-state index is 0.305. The zero-order valence-electron chi connectivity index (χ0n) is 12.6. The number of aromatic amines is 1. The van der Waals surface area contributed by atoms with E-state index in [1.54, 1.807) is 28.8 Å². The molecule has 7 nitrogen and oxygen atoms in total. The highest BCUT2D eigenvalue weighted by Crippen LogP contribution is 2.22. The molecule has 0 aliphatic heterocycles. The molecular weight excluding hydrogens is 310 g/mol. The van der Waals surface area contributed by atoms with E-state index in [1.165, 1.54) is 7.11 Å². The van der Waals surface area contributed by atoms with Crippen molar-refractivity contribution in [1.82, 2.24) is 10.3 Å². The summed E-state index contributed by atoms with van der Waals surface area (Å²) in [6.07, 6.45) is 0. The van der Waals surface area contributed by atoms with Gasteiger partial charge in [-0.25, -0.2) is 14.6 Å². The lowest BCUT2D eigenvalue weighted by Gasteiger charge is -2.02. The van der Waals surface area contributed by atoms with Crippen molar-refractivity contribution in [2.45, 2.75) is 0 Å². The second kappa shape index (κ2) is 5.31. The summed E-state index contributed by atoms with van der Waals surface area (Å²) < 4.78 is 11.2. The molecule has 2 aromatic carbocycles. The average molecular weight is 322 g/mol. The molecule has 2 aromatic heterocycles. The molecular formula is C17H12N3O4+. The van der Waals surface area contributed by atoms with Crippen LogP contribution in [0.1, 0.15) is 10.4 Å². The predicted molar refractivity (Wildman–Crippen MR) is 84.6 cm³/mol. The molecule has 0 amide bonds. The van der Waals surface area contributed by atoms with Crippen molar-refractivity contribution in [3.05, 3.63) is 64.5 Å². The Morgan fingerprint density at radius 1 is 1.17 bits per heavy atom. The maximum atomic E-state index is 12.1. The van der Waals surface area contributed by atoms with Gasteiger partial charge in [-0.3, -0.25) is 4.52 Å². The van der Waals surface area contributed by atoms with Crippen LogP contribution in [0.2, 0.25) is 0 Å². The fraction of sp³-hybridized carbons (Fsp3) is 0.0588. The van der Waals surface area contributed by atoms with Crippen LogP contribution < -0.4 is 10.1 Å². The monoisotopic (exact) mass is 322 g/mol. The Kier molecular flexibility index (Phi) is 3.13. The van der Waals surface area contributed by atoms with Crippen LogP contribution in [0.4, 0.5) is 0 Å². The average Bonchev–Trinajstić information content (AvgIpc) is 3.03. The molecule has 0 saturated carbocycles. The number of benzene rings is 2. The van der Waals surface area contributed by atoms with Gasteiger partial charge in [0.25, 0.3) is 5.52 Å². The van der Waals surface area contributed by atoms with Gasteiger partial charge in [0.05, 0.1) is 12.7 Å². The maximum absolute atomic E-state index is 12.1. The second-order valence-corrected chi connectivity index (χ2v) is 5.18. The van der Waals surface area contributed by atoms with E-state index < -0.39 is 11.6 Å². The van der Waals surface area contributed by atoms with Crippen molar-refractivity contribution < 1.29 is 18.6 Å². The van der Waals surface area contributed by atoms with E-state index in [0.29, 0.717) is 27.9 Å². The van der Waals surface area contributed by atoms with Crippen LogP contribution in [0.3, 0.4) is 0 Å². The number of methoxy groups -OCH3 is 1. The molecule has 1 N–H and O–H groups in total. The summed E-state index contributed by atoms with van der Waals surface area (Å²) in [6, 6.07) is 14.1. The van der Waals surface area contributed by atoms with Crippen molar-refractivity contribution in [3.63, 3.8) is 0 Å². The highest BCUT2D eigenvalue weighted by molar-refractivity contribution is 5.90. The van der Waals surface area contributed by atoms with Gasteiger partial charge in [0, 0.05) is 11.6 Å². The first-order chi connectivity index (χ1) is 11.7. The number of nitrogens with one attached hydrogen (secondary N) is 1. The van der Waals surface area contributed by atoms with Gasteiger partial charge < -0.3 is 4.74 Å². The summed E-state index contributed by atoms with van der Waals surface area (Å²) in [6.45, 7) is 0. The van der Waals surface area contributed by atoms with Gasteiger partial charge in [-0.05, 0) is 28.0 Å². The number of hydrogen-bond donors (Lipinski definition) is 1. The number of ether oxygens (including phenoxy) is 1. The molecule has 0 saturated heterocycles. The first-order valence-electron chi connectivity index (χ1n) is 7.20. The highest BCUT2D eigenvalue weighted by Gasteiger charge is 2.24. The van der Waals surface area contributed by atoms with Crippen molar-refractivity contribution in [2.75, 3.05) is 7.11 Å². The molecule has 4 rings (SSSR count). The largest absolute Gasteiger partial charge is 0.465 e. The highest BCUT2D eigenvalue weighted by atomic mass is 16.5. The van der Waals surface area contributed by atoms with Crippen LogP contribution >= 0.6 is 0 Å². The first-order valence-corrected chi connectivity index (χ1v) is 7.20. The van der Waals surface area contributed by atoms with E-state index in [4.69, 9.17) is 4.52 Å². The van der Waals surface area contributed by atoms with Gasteiger partial charge in [-0.2, -0.15) is 0 Å². The third kappa shape index (κ3) is 2.06. The van der Waals surface area contributed by atoms with E-state index in [0.717, 1.165) is 5.52 Å². The Morgan fingerprint density at radius 2 is 1.92 bits per heavy atom. The number of carbonyl (C=O) groups excluding carboxylic acids is 1. The molecule has 0 bridgehead atoms. The zero-order chi connectivity index (χ0) is 16.7. The second-order valence-electron chi connectivity index (χ2n) is 5.18. The SMILES string of the molecule is COC(=O)c1ccc(-c2nc3ccccc3[n+]3[nH]oc(=O)c23)cc1. The number of H-pyrrole nitrogens is 1. The molecule has 0 fully saturated rings. The Labute approximate surface area is 135 Å². The smallest absolute Gasteiger partial charge is 0.437 e. The van der Waals surface area contributed by atoms with Crippen molar-refractivity contribution in [2.24, 2.45) is 0 Å². The summed E-state index contributed by atoms with van der Waals surface area (Å²) in [7, 11) is 1.33. The lowest BCUT2D eigenvalue weighted by molar-refractivity contribution is -0.568. The first kappa shape index (κ1) is 14.1. The number of esters is 1. The number of aromatic nitrogens is 3. The van der Waals surface area contributed by atoms with Crippen LogP contribution in [-0.4, -0.2) is 23.3 Å². The van der Waals surface area contributed by atoms with E-state index in [9.17, 15) is 9.59 Å². The molecule has 0 aliphatic rings. The van der Waals surface area contributed by atoms with Crippen LogP contribution in [0.25, 0.3) is 27.8 Å². The number of para-hydroxylation sites is 2. The van der Waals surface area contributed by atoms with Crippen LogP contribution in [0, 0.1) is 0 Å². The fourth-order valence-electron chi connectivity index (χ4n) is 2.65. The topological polar surface area (TPSA) is 89.3 Å². The number of rotatable bonds is 2. The Bertz CT molecular complexity index is 1130. The van der Waals surface area contributed by atoms with Crippen molar-refractivity contribution in [3.8, 4) is 11.3 Å². The van der Waals surface area contributed by atoms with Crippen LogP contribution in [-0.2, 0) is 4.74 Å². The van der Waals surface area contributed by atoms with Crippen molar-refractivity contribution in [1.29, 1.82) is 0 Å². The van der Waals surface area contributed by atoms with Crippen LogP contribution in [0.5, 0.6) is 0 Å². The maximum Gasteiger partial charge on any atom is 0.437 e. The summed E-state index contributed by atoms with van der Waals surface area (Å²) in [5, 5.41) is 2.59. The third-order valence-corrected chi connectivity index (χ3v) is 3.81. The van der Waals surface area contributed by atoms with E-state index in [1.807, 2.05) is 24.3 Å². The summed E-state index contributed by atoms with van der Waals surface area (Å²) in [4.78, 5) is 28.2. The molecule has 0 radical (unpaired) electrons. The summed E-state index contributed by atoms with van der Waals surface area (Å²) in [5.41, 5.74) is 2.82. The molecule has 2 heterocycles. The quantitative estimate of drug-likeness (QED) is 0.448. The molecule has 0 aliphatic carbocycles. The Balaban J connectivity index is 1.99. The van der Waals surface area contributed by atoms with E-state index >= 15 is 0 Å². The van der Waals surface area contributed by atoms with Gasteiger partial charge in [0.1, 0.15) is 5.52 Å². The molecule has 0 unspecified atom stereocenters. The summed E-state index contributed by atoms with van der Waals surface area (Å²) >= 11 is 0. The standard InChI is InChI=1S/C17H11N3O4/c1-23-16(21)11-8-6-10(7-9-11)14-15-17(22)24-19-20(15)13-5-3-2-4-12(13)18-14/h2-9H,1H3/p+1. The predicted octanol–water partition coefficient (Wildman–Crippen LogP) is 1.71. The Morgan fingerprint density at radius 3 is 2.67 bits per heavy atom. The number of hydrogen-bond acceptors (Lipinski definition) is 5. The van der Waals surface area contributed by atoms with Gasteiger partial charge in [0.15, 0.2) is 5.69 Å². The number of carbonyl (C=O) groups is 1. The minimum Gasteiger partial charge on any atom is -0.465 e. The van der Waals surface area contributed by atoms with Crippen LogP contribution in [0.15, 0.2) is 57.8 Å². The normalized spacial score (nSPS) is 11.0. The lowest BCUT2D eigenvalue weighted by atomic mass is 10.1. The molecule has 7 heteroatoms. The molecule has 118 valence electrons. The van der Waals surface area contributed by atoms with Gasteiger partial charge in [0.2, 0.25) is 0 Å². The number of nitrogens with zero attached hydrogens (tertiary/aromatic N) is 2. The molecule has 0 atom stereocenters. The van der Waals surface area contributed by atoms with Gasteiger partial charge >= 0.3 is 17.1 Å². The number of fused-ring (bicyclic) bond motifs is 3. The molecule has 0 spiro atoms. The Hall–Kier alpha value is -3.48. The van der Waals surface area contributed by atoms with Crippen molar-refractivity contribution >= 4 is 22.5 Å². The fourth-order valence-corrected chi connectivity index (χ4v) is 2.65. The van der Waals surface area contributed by atoms with E-state index in [2.05, 4.69) is 15.0 Å². The minimum atomic E-state index is -0.514. The lowest BCUT2D eigenvalue weighted by Crippen LogP contribution is -2.27. The van der Waals surface area contributed by atoms with Gasteiger partial charge in [-0.15, -0.1) is 0 Å². The molecule has 4 aromatic rings. The molecule has 24 heavy (non-hydrogen) atoms. The van der Waals surface area contributed by atoms with Gasteiger partial charge in [-0.1, -0.05) is 24.3 Å². The summed E-state index contributed by atoms with van der Waals surface area (Å²) in [5.74, 6) is -0.422. The third-order valence-electron chi connectivity index (χ3n) is 3.81. The van der Waals surface area contributed by atoms with E-state index in [-0.39, 0.29) is 0 Å².